The van der Waals surface area contributed by atoms with Gasteiger partial charge in [0.15, 0.2) is 0 Å². The maximum atomic E-state index is 11.8. The van der Waals surface area contributed by atoms with E-state index >= 15 is 0 Å². The van der Waals surface area contributed by atoms with Crippen molar-refractivity contribution in [3.05, 3.63) is 0 Å². The fourth-order valence-corrected chi connectivity index (χ4v) is 1.89. The van der Waals surface area contributed by atoms with Crippen LogP contribution in [-0.4, -0.2) is 31.2 Å². The van der Waals surface area contributed by atoms with Crippen molar-refractivity contribution < 1.29 is 30.9 Å². The van der Waals surface area contributed by atoms with E-state index in [0.29, 0.717) is 6.42 Å². The summed E-state index contributed by atoms with van der Waals surface area (Å²) in [6.07, 6.45) is -1.55. The van der Waals surface area contributed by atoms with Gasteiger partial charge in [-0.25, -0.2) is 0 Å². The van der Waals surface area contributed by atoms with Crippen LogP contribution in [0.2, 0.25) is 0 Å². The van der Waals surface area contributed by atoms with Crippen LogP contribution >= 0.6 is 0 Å². The van der Waals surface area contributed by atoms with Crippen molar-refractivity contribution in [1.82, 2.24) is 0 Å². The number of halogens is 3. The fraction of sp³-hybridized carbons (Fsp3) is 1.00. The highest BCUT2D eigenvalue weighted by atomic mass is 32.2. The van der Waals surface area contributed by atoms with Gasteiger partial charge in [-0.15, -0.1) is 0 Å². The second-order valence-corrected chi connectivity index (χ2v) is 4.60. The largest absolute Gasteiger partial charge is 0.523 e. The highest BCUT2D eigenvalue weighted by Gasteiger charge is 2.49. The van der Waals surface area contributed by atoms with Gasteiger partial charge in [0.05, 0.1) is 6.10 Å². The quantitative estimate of drug-likeness (QED) is 0.566. The molecular weight excluding hydrogens is 225 g/mol. The van der Waals surface area contributed by atoms with Crippen LogP contribution in [-0.2, 0) is 14.3 Å². The van der Waals surface area contributed by atoms with Crippen molar-refractivity contribution in [3.8, 4) is 0 Å². The van der Waals surface area contributed by atoms with Crippen LogP contribution in [0.3, 0.4) is 0 Å². The molecule has 1 aliphatic carbocycles. The molecule has 1 fully saturated rings. The highest BCUT2D eigenvalue weighted by Crippen LogP contribution is 2.30. The maximum Gasteiger partial charge on any atom is 0.523 e. The van der Waals surface area contributed by atoms with Crippen LogP contribution in [0.25, 0.3) is 0 Å². The number of hydrogen-bond donors (Lipinski definition) is 1. The molecule has 84 valence electrons. The first kappa shape index (κ1) is 11.7. The van der Waals surface area contributed by atoms with Gasteiger partial charge in [-0.3, -0.25) is 4.18 Å². The number of hydrogen-bond acceptors (Lipinski definition) is 4. The Morgan fingerprint density at radius 2 is 1.86 bits per heavy atom. The summed E-state index contributed by atoms with van der Waals surface area (Å²) in [4.78, 5) is 0. The van der Waals surface area contributed by atoms with Crippen molar-refractivity contribution in [2.24, 2.45) is 0 Å². The Bertz CT molecular complexity index is 297. The Balaban J connectivity index is 2.69. The molecule has 1 rings (SSSR count). The molecule has 14 heavy (non-hydrogen) atoms. The fourth-order valence-electron chi connectivity index (χ4n) is 1.24. The van der Waals surface area contributed by atoms with Crippen molar-refractivity contribution in [1.29, 1.82) is 0 Å². The van der Waals surface area contributed by atoms with Gasteiger partial charge in [-0.05, 0) is 19.3 Å². The number of aliphatic hydroxyl groups is 1. The first-order chi connectivity index (χ1) is 6.24. The van der Waals surface area contributed by atoms with Crippen LogP contribution in [0.5, 0.6) is 0 Å². The van der Waals surface area contributed by atoms with E-state index in [4.69, 9.17) is 5.11 Å². The van der Waals surface area contributed by atoms with Crippen molar-refractivity contribution in [3.63, 3.8) is 0 Å². The van der Waals surface area contributed by atoms with Gasteiger partial charge in [0, 0.05) is 0 Å². The molecule has 0 aromatic rings. The van der Waals surface area contributed by atoms with Crippen molar-refractivity contribution in [2.75, 3.05) is 0 Å². The Labute approximate surface area is 78.8 Å². The minimum absolute atomic E-state index is 0.122. The Kier molecular flexibility index (Phi) is 3.07. The van der Waals surface area contributed by atoms with E-state index in [1.165, 1.54) is 0 Å². The molecule has 0 spiro atoms. The zero-order valence-electron chi connectivity index (χ0n) is 6.99. The summed E-state index contributed by atoms with van der Waals surface area (Å²) in [7, 11) is -5.57. The maximum absolute atomic E-state index is 11.8. The van der Waals surface area contributed by atoms with Crippen LogP contribution < -0.4 is 0 Å². The lowest BCUT2D eigenvalue weighted by molar-refractivity contribution is -0.0612. The molecule has 1 aliphatic rings. The standard InChI is InChI=1S/C6H9F3O4S/c7-6(8,9)14(11,12)13-5-3-1-2-4(5)10/h4-5,10H,1-3H2. The zero-order chi connectivity index (χ0) is 11.0. The third-order valence-corrected chi connectivity index (χ3v) is 3.02. The van der Waals surface area contributed by atoms with Crippen LogP contribution in [0, 0.1) is 0 Å². The summed E-state index contributed by atoms with van der Waals surface area (Å²) in [5.41, 5.74) is -5.42. The molecule has 0 aromatic heterocycles. The molecule has 1 N–H and O–H groups in total. The van der Waals surface area contributed by atoms with Gasteiger partial charge in [-0.2, -0.15) is 21.6 Å². The molecule has 4 nitrogen and oxygen atoms in total. The van der Waals surface area contributed by atoms with E-state index in [1.807, 2.05) is 0 Å². The summed E-state index contributed by atoms with van der Waals surface area (Å²) in [5.74, 6) is 0. The van der Waals surface area contributed by atoms with Gasteiger partial charge >= 0.3 is 15.6 Å². The Morgan fingerprint density at radius 3 is 2.21 bits per heavy atom. The van der Waals surface area contributed by atoms with Crippen molar-refractivity contribution in [2.45, 2.75) is 37.0 Å². The van der Waals surface area contributed by atoms with E-state index in [9.17, 15) is 21.6 Å². The molecule has 0 heterocycles. The first-order valence-electron chi connectivity index (χ1n) is 3.91. The topological polar surface area (TPSA) is 63.6 Å². The smallest absolute Gasteiger partial charge is 0.390 e. The van der Waals surface area contributed by atoms with Crippen LogP contribution in [0.1, 0.15) is 19.3 Å². The highest BCUT2D eigenvalue weighted by molar-refractivity contribution is 7.87. The van der Waals surface area contributed by atoms with E-state index in [1.54, 1.807) is 0 Å². The Hall–Kier alpha value is -0.340. The molecule has 0 bridgehead atoms. The normalized spacial score (nSPS) is 29.4. The summed E-state index contributed by atoms with van der Waals surface area (Å²) < 4.78 is 60.3. The van der Waals surface area contributed by atoms with Gasteiger partial charge in [-0.1, -0.05) is 0 Å². The van der Waals surface area contributed by atoms with Crippen molar-refractivity contribution >= 4 is 10.1 Å². The molecule has 2 unspecified atom stereocenters. The van der Waals surface area contributed by atoms with Gasteiger partial charge in [0.25, 0.3) is 0 Å². The lowest BCUT2D eigenvalue weighted by atomic mass is 10.3. The minimum atomic E-state index is -5.57. The average Bonchev–Trinajstić information content (AvgIpc) is 2.33. The van der Waals surface area contributed by atoms with Gasteiger partial charge in [0.1, 0.15) is 6.10 Å². The zero-order valence-corrected chi connectivity index (χ0v) is 7.81. The molecule has 2 atom stereocenters. The number of alkyl halides is 3. The Morgan fingerprint density at radius 1 is 1.29 bits per heavy atom. The predicted octanol–water partition coefficient (Wildman–Crippen LogP) is 0.766. The lowest BCUT2D eigenvalue weighted by Crippen LogP contribution is -2.33. The lowest BCUT2D eigenvalue weighted by Gasteiger charge is -2.16. The summed E-state index contributed by atoms with van der Waals surface area (Å²) in [5, 5.41) is 9.06. The van der Waals surface area contributed by atoms with E-state index < -0.39 is 27.8 Å². The number of aliphatic hydroxyl groups excluding tert-OH is 1. The molecule has 0 amide bonds. The molecule has 0 aromatic carbocycles. The third-order valence-electron chi connectivity index (χ3n) is 1.95. The van der Waals surface area contributed by atoms with Gasteiger partial charge in [0.2, 0.25) is 0 Å². The molecular formula is C6H9F3O4S. The molecule has 1 saturated carbocycles. The molecule has 0 radical (unpaired) electrons. The third kappa shape index (κ3) is 2.37. The average molecular weight is 234 g/mol. The predicted molar refractivity (Wildman–Crippen MR) is 39.7 cm³/mol. The van der Waals surface area contributed by atoms with E-state index in [0.717, 1.165) is 0 Å². The second kappa shape index (κ2) is 3.67. The second-order valence-electron chi connectivity index (χ2n) is 3.03. The molecule has 0 aliphatic heterocycles. The van der Waals surface area contributed by atoms with Crippen LogP contribution in [0.15, 0.2) is 0 Å². The minimum Gasteiger partial charge on any atom is -0.390 e. The van der Waals surface area contributed by atoms with E-state index in [2.05, 4.69) is 4.18 Å². The summed E-state index contributed by atoms with van der Waals surface area (Å²) >= 11 is 0. The monoisotopic (exact) mass is 234 g/mol. The molecule has 0 saturated heterocycles. The molecule has 8 heteroatoms. The SMILES string of the molecule is O=S(=O)(OC1CCCC1O)C(F)(F)F. The van der Waals surface area contributed by atoms with Crippen LogP contribution in [0.4, 0.5) is 13.2 Å². The first-order valence-corrected chi connectivity index (χ1v) is 5.32. The number of rotatable bonds is 2. The van der Waals surface area contributed by atoms with Gasteiger partial charge < -0.3 is 5.11 Å². The van der Waals surface area contributed by atoms with E-state index in [-0.39, 0.29) is 12.8 Å². The summed E-state index contributed by atoms with van der Waals surface area (Å²) in [6, 6.07) is 0. The summed E-state index contributed by atoms with van der Waals surface area (Å²) in [6.45, 7) is 0.